The summed E-state index contributed by atoms with van der Waals surface area (Å²) in [5.41, 5.74) is 0.604. The van der Waals surface area contributed by atoms with Gasteiger partial charge in [-0.2, -0.15) is 10.5 Å². The lowest BCUT2D eigenvalue weighted by Crippen LogP contribution is -2.01. The first-order chi connectivity index (χ1) is 6.81. The Morgan fingerprint density at radius 1 is 1.21 bits per heavy atom. The largest absolute Gasteiger partial charge is 0.491 e. The van der Waals surface area contributed by atoms with Crippen LogP contribution < -0.4 is 4.74 Å². The Labute approximate surface area is 81.6 Å². The summed E-state index contributed by atoms with van der Waals surface area (Å²) in [6, 6.07) is 8.39. The van der Waals surface area contributed by atoms with Crippen LogP contribution in [-0.2, 0) is 0 Å². The molecule has 0 aromatic heterocycles. The number of hydrogen-bond acceptors (Lipinski definition) is 4. The maximum Gasteiger partial charge on any atom is 0.120 e. The Morgan fingerprint density at radius 2 is 1.93 bits per heavy atom. The van der Waals surface area contributed by atoms with Crippen LogP contribution >= 0.6 is 0 Å². The molecule has 0 aliphatic rings. The fourth-order valence-electron chi connectivity index (χ4n) is 0.967. The highest BCUT2D eigenvalue weighted by molar-refractivity contribution is 5.49. The fourth-order valence-corrected chi connectivity index (χ4v) is 0.967. The van der Waals surface area contributed by atoms with Crippen LogP contribution in [0.5, 0.6) is 5.75 Å². The second kappa shape index (κ2) is 4.86. The molecule has 0 fully saturated rings. The Kier molecular flexibility index (Phi) is 3.49. The van der Waals surface area contributed by atoms with E-state index in [1.54, 1.807) is 6.07 Å². The molecule has 0 saturated carbocycles. The first kappa shape index (κ1) is 10.0. The monoisotopic (exact) mass is 188 g/mol. The molecule has 14 heavy (non-hydrogen) atoms. The lowest BCUT2D eigenvalue weighted by molar-refractivity contribution is 0.201. The van der Waals surface area contributed by atoms with Crippen LogP contribution in [0.1, 0.15) is 11.1 Å². The molecule has 0 unspecified atom stereocenters. The summed E-state index contributed by atoms with van der Waals surface area (Å²) in [7, 11) is 0. The zero-order chi connectivity index (χ0) is 10.4. The average Bonchev–Trinajstić information content (AvgIpc) is 2.25. The third-order valence-corrected chi connectivity index (χ3v) is 1.59. The molecule has 0 heterocycles. The van der Waals surface area contributed by atoms with Crippen molar-refractivity contribution >= 4 is 0 Å². The van der Waals surface area contributed by atoms with Gasteiger partial charge >= 0.3 is 0 Å². The number of nitriles is 2. The highest BCUT2D eigenvalue weighted by Crippen LogP contribution is 2.16. The molecule has 1 N–H and O–H groups in total. The summed E-state index contributed by atoms with van der Waals surface area (Å²) in [6.07, 6.45) is 0. The molecule has 4 nitrogen and oxygen atoms in total. The summed E-state index contributed by atoms with van der Waals surface area (Å²) >= 11 is 0. The molecule has 1 aromatic carbocycles. The van der Waals surface area contributed by atoms with Crippen LogP contribution in [0.2, 0.25) is 0 Å². The van der Waals surface area contributed by atoms with Crippen molar-refractivity contribution in [3.8, 4) is 17.9 Å². The van der Waals surface area contributed by atoms with Crippen molar-refractivity contribution in [2.45, 2.75) is 0 Å². The van der Waals surface area contributed by atoms with E-state index in [2.05, 4.69) is 0 Å². The molecule has 0 radical (unpaired) electrons. The summed E-state index contributed by atoms with van der Waals surface area (Å²) in [5.74, 6) is 0.481. The number of ether oxygens (including phenoxy) is 1. The van der Waals surface area contributed by atoms with E-state index >= 15 is 0 Å². The van der Waals surface area contributed by atoms with E-state index in [1.807, 2.05) is 12.1 Å². The molecule has 0 amide bonds. The molecule has 0 aliphatic heterocycles. The number of benzene rings is 1. The van der Waals surface area contributed by atoms with E-state index < -0.39 is 0 Å². The minimum atomic E-state index is -0.0815. The van der Waals surface area contributed by atoms with Gasteiger partial charge in [-0.05, 0) is 18.2 Å². The molecular weight excluding hydrogens is 180 g/mol. The Bertz CT molecular complexity index is 402. The van der Waals surface area contributed by atoms with Crippen LogP contribution in [0.3, 0.4) is 0 Å². The van der Waals surface area contributed by atoms with Crippen LogP contribution in [0.25, 0.3) is 0 Å². The van der Waals surface area contributed by atoms with E-state index in [-0.39, 0.29) is 18.8 Å². The first-order valence-corrected chi connectivity index (χ1v) is 3.99. The molecule has 4 heteroatoms. The Morgan fingerprint density at radius 3 is 2.50 bits per heavy atom. The molecule has 70 valence electrons. The summed E-state index contributed by atoms with van der Waals surface area (Å²) < 4.78 is 5.09. The second-order valence-corrected chi connectivity index (χ2v) is 2.50. The second-order valence-electron chi connectivity index (χ2n) is 2.50. The van der Waals surface area contributed by atoms with Gasteiger partial charge in [-0.1, -0.05) is 0 Å². The standard InChI is InChI=1S/C10H8N2O2/c11-6-8-1-2-10(14-4-3-13)5-9(8)7-12/h1-2,5,13H,3-4H2. The van der Waals surface area contributed by atoms with E-state index in [9.17, 15) is 0 Å². The molecule has 1 aromatic rings. The Balaban J connectivity index is 2.93. The van der Waals surface area contributed by atoms with E-state index in [1.165, 1.54) is 12.1 Å². The highest BCUT2D eigenvalue weighted by Gasteiger charge is 2.02. The van der Waals surface area contributed by atoms with Gasteiger partial charge in [0, 0.05) is 0 Å². The summed E-state index contributed by atoms with van der Waals surface area (Å²) in [4.78, 5) is 0. The quantitative estimate of drug-likeness (QED) is 0.761. The fraction of sp³-hybridized carbons (Fsp3) is 0.200. The number of aliphatic hydroxyl groups is 1. The summed E-state index contributed by atoms with van der Waals surface area (Å²) in [6.45, 7) is 0.0959. The van der Waals surface area contributed by atoms with Crippen molar-refractivity contribution in [2.75, 3.05) is 13.2 Å². The number of aliphatic hydroxyl groups excluding tert-OH is 1. The van der Waals surface area contributed by atoms with Gasteiger partial charge in [0.2, 0.25) is 0 Å². The normalized spacial score (nSPS) is 8.79. The lowest BCUT2D eigenvalue weighted by Gasteiger charge is -2.04. The topological polar surface area (TPSA) is 77.0 Å². The lowest BCUT2D eigenvalue weighted by atomic mass is 10.1. The van der Waals surface area contributed by atoms with E-state index in [4.69, 9.17) is 20.4 Å². The van der Waals surface area contributed by atoms with Gasteiger partial charge in [0.05, 0.1) is 17.7 Å². The molecule has 1 rings (SSSR count). The van der Waals surface area contributed by atoms with Gasteiger partial charge in [-0.3, -0.25) is 0 Å². The van der Waals surface area contributed by atoms with E-state index in [0.717, 1.165) is 0 Å². The van der Waals surface area contributed by atoms with Gasteiger partial charge in [-0.15, -0.1) is 0 Å². The third-order valence-electron chi connectivity index (χ3n) is 1.59. The zero-order valence-electron chi connectivity index (χ0n) is 7.40. The number of hydrogen-bond donors (Lipinski definition) is 1. The predicted molar refractivity (Wildman–Crippen MR) is 48.5 cm³/mol. The smallest absolute Gasteiger partial charge is 0.120 e. The minimum Gasteiger partial charge on any atom is -0.491 e. The maximum absolute atomic E-state index is 8.69. The number of rotatable bonds is 3. The SMILES string of the molecule is N#Cc1ccc(OCCO)cc1C#N. The van der Waals surface area contributed by atoms with Crippen LogP contribution in [0.15, 0.2) is 18.2 Å². The van der Waals surface area contributed by atoms with Gasteiger partial charge in [0.1, 0.15) is 24.5 Å². The van der Waals surface area contributed by atoms with Gasteiger partial charge in [0.25, 0.3) is 0 Å². The van der Waals surface area contributed by atoms with Crippen molar-refractivity contribution in [1.82, 2.24) is 0 Å². The van der Waals surface area contributed by atoms with Crippen molar-refractivity contribution in [2.24, 2.45) is 0 Å². The van der Waals surface area contributed by atoms with Gasteiger partial charge in [0.15, 0.2) is 0 Å². The van der Waals surface area contributed by atoms with Crippen LogP contribution in [0.4, 0.5) is 0 Å². The molecule has 0 aliphatic carbocycles. The molecule has 0 spiro atoms. The maximum atomic E-state index is 8.69. The molecule has 0 saturated heterocycles. The molecular formula is C10H8N2O2. The van der Waals surface area contributed by atoms with Crippen LogP contribution in [-0.4, -0.2) is 18.3 Å². The highest BCUT2D eigenvalue weighted by atomic mass is 16.5. The molecule has 0 bridgehead atoms. The molecule has 0 atom stereocenters. The first-order valence-electron chi connectivity index (χ1n) is 3.99. The van der Waals surface area contributed by atoms with Crippen molar-refractivity contribution in [3.05, 3.63) is 29.3 Å². The van der Waals surface area contributed by atoms with Gasteiger partial charge in [-0.25, -0.2) is 0 Å². The number of nitrogens with zero attached hydrogens (tertiary/aromatic N) is 2. The zero-order valence-corrected chi connectivity index (χ0v) is 7.40. The van der Waals surface area contributed by atoms with Crippen molar-refractivity contribution < 1.29 is 9.84 Å². The predicted octanol–water partition coefficient (Wildman–Crippen LogP) is 0.801. The van der Waals surface area contributed by atoms with Gasteiger partial charge < -0.3 is 9.84 Å². The average molecular weight is 188 g/mol. The van der Waals surface area contributed by atoms with Crippen LogP contribution in [0, 0.1) is 22.7 Å². The Hall–Kier alpha value is -2.04. The van der Waals surface area contributed by atoms with Crippen molar-refractivity contribution in [3.63, 3.8) is 0 Å². The summed E-state index contributed by atoms with van der Waals surface area (Å²) in [5, 5.41) is 25.8. The minimum absolute atomic E-state index is 0.0815. The van der Waals surface area contributed by atoms with E-state index in [0.29, 0.717) is 11.3 Å². The van der Waals surface area contributed by atoms with Crippen molar-refractivity contribution in [1.29, 1.82) is 10.5 Å². The third kappa shape index (κ3) is 2.22.